The number of carbonyl (C=O) groups is 3. The molecule has 8 N–H and O–H groups in total. The van der Waals surface area contributed by atoms with E-state index >= 15 is 13.2 Å². The largest absolute Gasteiger partial charge is 0.480 e. The number of aliphatic carboxylic acids is 1. The first kappa shape index (κ1) is 79.4. The minimum absolute atomic E-state index is 0.00818. The number of carbonyl (C=O) groups excluding carboxylic acids is 2. The number of unbranched alkanes of at least 4 members (excludes halogenated alkanes) is 2. The van der Waals surface area contributed by atoms with Crippen molar-refractivity contribution in [2.24, 2.45) is 5.14 Å². The number of ether oxygens (including phenoxy) is 3. The van der Waals surface area contributed by atoms with Gasteiger partial charge in [0, 0.05) is 79.3 Å². The number of hydrogen-bond acceptors (Lipinski definition) is 16. The lowest BCUT2D eigenvalue weighted by Gasteiger charge is -2.27. The normalized spacial score (nSPS) is 17.8. The Kier molecular flexibility index (Phi) is 27.4. The van der Waals surface area contributed by atoms with E-state index in [1.165, 1.54) is 0 Å². The highest BCUT2D eigenvalue weighted by molar-refractivity contribution is 7.91. The van der Waals surface area contributed by atoms with Gasteiger partial charge in [-0.15, -0.1) is 0 Å². The molecule has 0 spiro atoms. The molecule has 4 aliphatic rings. The number of halogens is 3. The molecule has 101 heavy (non-hydrogen) atoms. The molecule has 4 aromatic rings. The third-order valence-corrected chi connectivity index (χ3v) is 22.8. The molecular formula is C71H92F3N6O17S4+. The fraction of sp³-hybridized carbons (Fsp3) is 0.493. The zero-order valence-corrected chi connectivity index (χ0v) is 60.5. The second-order valence-electron chi connectivity index (χ2n) is 26.8. The number of nitrogens with one attached hydrogen (secondary N) is 3. The van der Waals surface area contributed by atoms with Crippen molar-refractivity contribution >= 4 is 80.7 Å². The Bertz CT molecular complexity index is 4320. The van der Waals surface area contributed by atoms with Crippen molar-refractivity contribution in [3.8, 4) is 5.75 Å². The number of allylic oxidation sites excluding steroid dienone is 7. The van der Waals surface area contributed by atoms with Gasteiger partial charge in [-0.25, -0.2) is 39.9 Å². The van der Waals surface area contributed by atoms with Crippen molar-refractivity contribution in [1.29, 1.82) is 0 Å². The highest BCUT2D eigenvalue weighted by Crippen LogP contribution is 2.48. The summed E-state index contributed by atoms with van der Waals surface area (Å²) in [4.78, 5) is 37.3. The molecule has 2 aliphatic carbocycles. The Labute approximate surface area is 590 Å². The average molecular weight is 1490 g/mol. The molecule has 0 saturated heterocycles. The van der Waals surface area contributed by atoms with Crippen LogP contribution in [0.5, 0.6) is 5.75 Å². The minimum atomic E-state index is -5.19. The second kappa shape index (κ2) is 34.8. The number of nitrogens with zero attached hydrogens (tertiary/aromatic N) is 2. The number of carboxylic acid groups (broad SMARTS) is 1. The van der Waals surface area contributed by atoms with E-state index in [9.17, 15) is 62.3 Å². The maximum Gasteiger partial charge on any atom is 0.326 e. The quantitative estimate of drug-likeness (QED) is 0.00974. The number of amides is 2. The van der Waals surface area contributed by atoms with Crippen LogP contribution >= 0.6 is 0 Å². The summed E-state index contributed by atoms with van der Waals surface area (Å²) in [5, 5.41) is 22.8. The van der Waals surface area contributed by atoms with Gasteiger partial charge in [0.25, 0.3) is 20.2 Å². The summed E-state index contributed by atoms with van der Waals surface area (Å²) < 4.78 is 183. The molecule has 552 valence electrons. The van der Waals surface area contributed by atoms with Crippen LogP contribution in [-0.4, -0.2) is 151 Å². The lowest BCUT2D eigenvalue weighted by Crippen LogP contribution is -2.42. The Balaban J connectivity index is 0.880. The van der Waals surface area contributed by atoms with E-state index < -0.39 is 126 Å². The number of fused-ring (bicyclic) bond motifs is 2. The maximum absolute atomic E-state index is 15.8. The van der Waals surface area contributed by atoms with Gasteiger partial charge in [-0.3, -0.25) is 18.7 Å². The fourth-order valence-electron chi connectivity index (χ4n) is 13.4. The van der Waals surface area contributed by atoms with Crippen LogP contribution in [0.25, 0.3) is 0 Å². The number of primary sulfonamides is 1. The van der Waals surface area contributed by atoms with Crippen LogP contribution in [0, 0.1) is 17.5 Å². The highest BCUT2D eigenvalue weighted by atomic mass is 32.2. The third kappa shape index (κ3) is 21.4. The summed E-state index contributed by atoms with van der Waals surface area (Å²) in [5.41, 5.74) is 6.52. The Morgan fingerprint density at radius 1 is 0.683 bits per heavy atom. The molecule has 1 atom stereocenters. The summed E-state index contributed by atoms with van der Waals surface area (Å²) in [6.07, 6.45) is 15.6. The van der Waals surface area contributed by atoms with Crippen LogP contribution < -0.4 is 30.7 Å². The highest BCUT2D eigenvalue weighted by Gasteiger charge is 2.45. The molecule has 0 bridgehead atoms. The van der Waals surface area contributed by atoms with E-state index in [1.54, 1.807) is 24.3 Å². The van der Waals surface area contributed by atoms with E-state index in [1.807, 2.05) is 36.4 Å². The molecule has 30 heteroatoms. The Morgan fingerprint density at radius 3 is 1.97 bits per heavy atom. The summed E-state index contributed by atoms with van der Waals surface area (Å²) in [7, 11) is -18.4. The molecule has 1 fully saturated rings. The number of carboxylic acids is 1. The number of nitrogens with two attached hydrogens (primary N) is 1. The van der Waals surface area contributed by atoms with Crippen LogP contribution in [-0.2, 0) is 81.2 Å². The number of sulfonamides is 1. The number of para-hydroxylation sites is 2. The molecule has 23 nitrogen and oxygen atoms in total. The van der Waals surface area contributed by atoms with E-state index in [2.05, 4.69) is 89.6 Å². The van der Waals surface area contributed by atoms with Crippen molar-refractivity contribution in [1.82, 2.24) is 10.6 Å². The summed E-state index contributed by atoms with van der Waals surface area (Å²) in [6, 6.07) is 21.1. The van der Waals surface area contributed by atoms with Crippen LogP contribution in [0.4, 0.5) is 30.2 Å². The van der Waals surface area contributed by atoms with Gasteiger partial charge in [0.1, 0.15) is 29.0 Å². The van der Waals surface area contributed by atoms with Crippen LogP contribution in [0.2, 0.25) is 0 Å². The number of sulfone groups is 1. The number of hydrogen-bond donors (Lipinski definition) is 7. The molecule has 1 saturated carbocycles. The number of benzene rings is 4. The number of rotatable bonds is 35. The maximum atomic E-state index is 15.8. The molecule has 2 heterocycles. The molecule has 2 aliphatic heterocycles. The Hall–Kier alpha value is -7.29. The van der Waals surface area contributed by atoms with Crippen molar-refractivity contribution in [3.05, 3.63) is 154 Å². The molecule has 4 aromatic carbocycles. The molecule has 0 unspecified atom stereocenters. The lowest BCUT2D eigenvalue weighted by molar-refractivity contribution is -0.438. The molecular weight excluding hydrogens is 1390 g/mol. The van der Waals surface area contributed by atoms with Gasteiger partial charge in [0.2, 0.25) is 27.5 Å². The van der Waals surface area contributed by atoms with E-state index in [-0.39, 0.29) is 70.2 Å². The zero-order chi connectivity index (χ0) is 73.5. The van der Waals surface area contributed by atoms with Gasteiger partial charge in [-0.05, 0) is 118 Å². The second-order valence-corrected chi connectivity index (χ2v) is 33.4. The molecule has 0 aromatic heterocycles. The SMILES string of the molecule is CC1(C)C(/C=C/C2=C(Oc3ccc(C[C@H](NC(=O)CCOCCOCCNC(=O)CCS(=O)(=O)c4c(F)c(F)c(S(N)(=O)=O)c(F)c4NC4CCCCCCC4)C(=O)O)cc3)C(=C/C=C3/N(CCCCS(=O)(=O)O)c4ccccc4C3(C)C)/CCC2)=[N+](CCCCS(=O)(=O)O)c2ccccc21. The predicted molar refractivity (Wildman–Crippen MR) is 377 cm³/mol. The number of anilines is 2. The first-order chi connectivity index (χ1) is 47.7. The molecule has 0 radical (unpaired) electrons. The van der Waals surface area contributed by atoms with Gasteiger partial charge in [-0.1, -0.05) is 101 Å². The van der Waals surface area contributed by atoms with Crippen LogP contribution in [0.15, 0.2) is 129 Å². The minimum Gasteiger partial charge on any atom is -0.480 e. The zero-order valence-electron chi connectivity index (χ0n) is 57.3. The first-order valence-corrected chi connectivity index (χ1v) is 40.4. The smallest absolute Gasteiger partial charge is 0.326 e. The standard InChI is InChI=1S/C71H91F3N6O17S4/c1-70(2)53-23-10-12-25-56(53)79(38-14-16-44-99(87,88)89)58(70)33-29-49-19-18-20-50(30-34-59-71(3,4)54-24-11-13-26-57(54)80(59)39-15-17-45-100(90,91)92)66(49)97-52-31-27-48(28-32-52)47-55(69(83)84)78-61(82)35-40-95-42-43-96-41-37-76-60(81)36-46-98(85,86)68-63(73)62(72)67(101(75,93)94)64(74)65(68)77-51-21-8-6-5-7-9-22-51/h10-13,23-34,51,55,77H,5-9,14-22,35-47H2,1-4H3,(H6-,75,76,78,81,82,83,84,87,88,89,90,91,92,93,94)/p+1/t55-/m0/s1. The van der Waals surface area contributed by atoms with Gasteiger partial charge in [-0.2, -0.15) is 21.4 Å². The van der Waals surface area contributed by atoms with E-state index in [4.69, 9.17) is 19.3 Å². The average Bonchev–Trinajstić information content (AvgIpc) is 1.75. The van der Waals surface area contributed by atoms with Crippen molar-refractivity contribution in [2.75, 3.05) is 73.5 Å². The van der Waals surface area contributed by atoms with E-state index in [0.29, 0.717) is 81.5 Å². The van der Waals surface area contributed by atoms with Gasteiger partial charge >= 0.3 is 5.97 Å². The summed E-state index contributed by atoms with van der Waals surface area (Å²) in [6.45, 7) is 9.21. The lowest BCUT2D eigenvalue weighted by atomic mass is 9.81. The summed E-state index contributed by atoms with van der Waals surface area (Å²) >= 11 is 0. The van der Waals surface area contributed by atoms with Crippen LogP contribution in [0.3, 0.4) is 0 Å². The predicted octanol–water partition coefficient (Wildman–Crippen LogP) is 10.2. The van der Waals surface area contributed by atoms with Crippen LogP contribution in [0.1, 0.15) is 147 Å². The van der Waals surface area contributed by atoms with E-state index in [0.717, 1.165) is 70.7 Å². The monoisotopic (exact) mass is 1490 g/mol. The third-order valence-electron chi connectivity index (χ3n) is 18.5. The van der Waals surface area contributed by atoms with Gasteiger partial charge in [0.15, 0.2) is 37.9 Å². The van der Waals surface area contributed by atoms with Gasteiger partial charge in [0.05, 0.1) is 54.8 Å². The van der Waals surface area contributed by atoms with Crippen molar-refractivity contribution < 1.29 is 94.2 Å². The van der Waals surface area contributed by atoms with Crippen molar-refractivity contribution in [3.63, 3.8) is 0 Å². The van der Waals surface area contributed by atoms with Gasteiger partial charge < -0.3 is 40.2 Å². The first-order valence-electron chi connectivity index (χ1n) is 34.0. The Morgan fingerprint density at radius 2 is 1.31 bits per heavy atom. The summed E-state index contributed by atoms with van der Waals surface area (Å²) in [5.74, 6) is -9.79. The van der Waals surface area contributed by atoms with Crippen molar-refractivity contribution in [2.45, 2.75) is 170 Å². The topological polar surface area (TPSA) is 345 Å². The molecule has 8 rings (SSSR count). The fourth-order valence-corrected chi connectivity index (χ4v) is 16.7. The molecule has 2 amide bonds.